The lowest BCUT2D eigenvalue weighted by Gasteiger charge is -2.18. The van der Waals surface area contributed by atoms with Crippen molar-refractivity contribution in [3.8, 4) is 0 Å². The van der Waals surface area contributed by atoms with Crippen molar-refractivity contribution in [2.45, 2.75) is 213 Å². The second kappa shape index (κ2) is 48.0. The number of allylic oxidation sites excluding steroid dienone is 16. The number of unbranched alkanes of at least 4 members (excludes halogenated alkanes) is 15. The Hall–Kier alpha value is -3.67. The molecule has 340 valence electrons. The first-order valence-electron chi connectivity index (χ1n) is 24.2. The number of esters is 3. The fourth-order valence-electron chi connectivity index (χ4n) is 6.19. The van der Waals surface area contributed by atoms with Crippen molar-refractivity contribution in [3.05, 3.63) is 97.2 Å². The topological polar surface area (TPSA) is 78.9 Å². The van der Waals surface area contributed by atoms with Crippen molar-refractivity contribution in [3.63, 3.8) is 0 Å². The molecule has 0 aromatic heterocycles. The van der Waals surface area contributed by atoms with Crippen LogP contribution in [0.2, 0.25) is 0 Å². The molecule has 1 unspecified atom stereocenters. The van der Waals surface area contributed by atoms with E-state index in [0.717, 1.165) is 103 Å². The highest BCUT2D eigenvalue weighted by molar-refractivity contribution is 5.71. The van der Waals surface area contributed by atoms with Crippen LogP contribution in [-0.2, 0) is 28.6 Å². The Morgan fingerprint density at radius 2 is 0.700 bits per heavy atom. The lowest BCUT2D eigenvalue weighted by atomic mass is 10.1. The lowest BCUT2D eigenvalue weighted by molar-refractivity contribution is -0.166. The minimum atomic E-state index is -0.812. The largest absolute Gasteiger partial charge is 0.462 e. The maximum Gasteiger partial charge on any atom is 0.306 e. The third-order valence-electron chi connectivity index (χ3n) is 9.84. The molecule has 60 heavy (non-hydrogen) atoms. The molecule has 0 heterocycles. The molecule has 6 nitrogen and oxygen atoms in total. The van der Waals surface area contributed by atoms with Gasteiger partial charge in [-0.05, 0) is 83.5 Å². The van der Waals surface area contributed by atoms with Crippen molar-refractivity contribution < 1.29 is 28.6 Å². The monoisotopic (exact) mass is 833 g/mol. The summed E-state index contributed by atoms with van der Waals surface area (Å²) < 4.78 is 16.6. The fourth-order valence-corrected chi connectivity index (χ4v) is 6.19. The van der Waals surface area contributed by atoms with Gasteiger partial charge in [-0.15, -0.1) is 0 Å². The molecule has 0 aliphatic carbocycles. The molecule has 0 aliphatic rings. The van der Waals surface area contributed by atoms with Gasteiger partial charge in [0.05, 0.1) is 0 Å². The van der Waals surface area contributed by atoms with Crippen LogP contribution >= 0.6 is 0 Å². The van der Waals surface area contributed by atoms with Crippen LogP contribution in [-0.4, -0.2) is 37.2 Å². The van der Waals surface area contributed by atoms with E-state index in [1.165, 1.54) is 57.8 Å². The molecular formula is C54H88O6. The van der Waals surface area contributed by atoms with Gasteiger partial charge in [0.25, 0.3) is 0 Å². The Morgan fingerprint density at radius 1 is 0.350 bits per heavy atom. The highest BCUT2D eigenvalue weighted by Gasteiger charge is 2.19. The van der Waals surface area contributed by atoms with E-state index in [-0.39, 0.29) is 37.5 Å². The predicted octanol–water partition coefficient (Wildman–Crippen LogP) is 15.8. The molecule has 0 amide bonds. The molecule has 0 spiro atoms. The number of carbonyl (C=O) groups is 3. The first-order valence-corrected chi connectivity index (χ1v) is 24.2. The molecular weight excluding hydrogens is 745 g/mol. The molecule has 0 aromatic rings. The van der Waals surface area contributed by atoms with E-state index in [1.807, 2.05) is 12.2 Å². The summed E-state index contributed by atoms with van der Waals surface area (Å²) in [5.74, 6) is -1.02. The van der Waals surface area contributed by atoms with E-state index in [1.54, 1.807) is 0 Å². The molecule has 0 bridgehead atoms. The van der Waals surface area contributed by atoms with Crippen LogP contribution in [0.25, 0.3) is 0 Å². The Balaban J connectivity index is 4.49. The normalized spacial score (nSPS) is 12.9. The quantitative estimate of drug-likeness (QED) is 0.0264. The summed E-state index contributed by atoms with van der Waals surface area (Å²) in [4.78, 5) is 37.8. The van der Waals surface area contributed by atoms with Crippen LogP contribution in [0.5, 0.6) is 0 Å². The molecule has 0 radical (unpaired) electrons. The highest BCUT2D eigenvalue weighted by Crippen LogP contribution is 2.13. The van der Waals surface area contributed by atoms with Gasteiger partial charge in [0.2, 0.25) is 0 Å². The van der Waals surface area contributed by atoms with Crippen LogP contribution in [0.3, 0.4) is 0 Å². The van der Waals surface area contributed by atoms with Crippen molar-refractivity contribution in [1.29, 1.82) is 0 Å². The van der Waals surface area contributed by atoms with Crippen LogP contribution in [0.1, 0.15) is 207 Å². The SMILES string of the molecule is CC/C=C\C/C=C\C/C=C\C/C=C\C/C=C\C/C=C\CCC(=O)OCC(COC(=O)CCCCCCCCCCC)OC(=O)CCCCCCC/C=C\C/C=C\CCCC. The van der Waals surface area contributed by atoms with E-state index in [2.05, 4.69) is 106 Å². The minimum Gasteiger partial charge on any atom is -0.462 e. The van der Waals surface area contributed by atoms with Crippen molar-refractivity contribution in [2.75, 3.05) is 13.2 Å². The third kappa shape index (κ3) is 45.4. The molecule has 0 saturated heterocycles. The van der Waals surface area contributed by atoms with Crippen molar-refractivity contribution in [2.24, 2.45) is 0 Å². The zero-order chi connectivity index (χ0) is 43.7. The first-order chi connectivity index (χ1) is 29.5. The molecule has 0 rings (SSSR count). The average molecular weight is 833 g/mol. The zero-order valence-electron chi connectivity index (χ0n) is 38.7. The van der Waals surface area contributed by atoms with Gasteiger partial charge in [-0.1, -0.05) is 201 Å². The molecule has 0 aromatic carbocycles. The third-order valence-corrected chi connectivity index (χ3v) is 9.84. The minimum absolute atomic E-state index is 0.107. The van der Waals surface area contributed by atoms with Crippen LogP contribution in [0.4, 0.5) is 0 Å². The first kappa shape index (κ1) is 56.3. The van der Waals surface area contributed by atoms with Gasteiger partial charge in [0, 0.05) is 19.3 Å². The van der Waals surface area contributed by atoms with Crippen LogP contribution < -0.4 is 0 Å². The molecule has 0 aliphatic heterocycles. The predicted molar refractivity (Wildman–Crippen MR) is 256 cm³/mol. The number of ether oxygens (including phenoxy) is 3. The number of hydrogen-bond acceptors (Lipinski definition) is 6. The number of hydrogen-bond donors (Lipinski definition) is 0. The standard InChI is InChI=1S/C54H88O6/c1-4-7-10-13-16-19-21-23-25-26-27-28-29-31-32-35-38-41-44-47-53(56)59-50-51(49-58-52(55)46-43-40-37-34-18-15-12-9-6-3)60-54(57)48-45-42-39-36-33-30-24-22-20-17-14-11-8-5-2/h7,10,14,16-17,19,22-25,27-28,31-32,38,41,51H,4-6,8-9,11-13,15,18,20-21,26,29-30,33-37,39-40,42-50H2,1-3H3/b10-7-,17-14-,19-16-,24-22-,25-23-,28-27-,32-31-,41-38-. The van der Waals surface area contributed by atoms with Gasteiger partial charge in [0.15, 0.2) is 6.10 Å². The smallest absolute Gasteiger partial charge is 0.306 e. The van der Waals surface area contributed by atoms with Gasteiger partial charge < -0.3 is 14.2 Å². The second-order valence-electron chi connectivity index (χ2n) is 15.6. The van der Waals surface area contributed by atoms with E-state index in [9.17, 15) is 14.4 Å². The highest BCUT2D eigenvalue weighted by atomic mass is 16.6. The molecule has 0 saturated carbocycles. The molecule has 6 heteroatoms. The summed E-state index contributed by atoms with van der Waals surface area (Å²) in [6.45, 7) is 6.36. The average Bonchev–Trinajstić information content (AvgIpc) is 3.24. The Morgan fingerprint density at radius 3 is 1.17 bits per heavy atom. The zero-order valence-corrected chi connectivity index (χ0v) is 38.7. The van der Waals surface area contributed by atoms with Crippen LogP contribution in [0.15, 0.2) is 97.2 Å². The Labute approximate surface area is 368 Å². The van der Waals surface area contributed by atoms with Gasteiger partial charge >= 0.3 is 17.9 Å². The summed E-state index contributed by atoms with van der Waals surface area (Å²) in [6, 6.07) is 0. The lowest BCUT2D eigenvalue weighted by Crippen LogP contribution is -2.30. The fraction of sp³-hybridized carbons (Fsp3) is 0.648. The Kier molecular flexibility index (Phi) is 45.1. The van der Waals surface area contributed by atoms with Gasteiger partial charge in [-0.3, -0.25) is 14.4 Å². The van der Waals surface area contributed by atoms with Crippen LogP contribution in [0, 0.1) is 0 Å². The number of rotatable bonds is 42. The Bertz CT molecular complexity index is 1230. The summed E-state index contributed by atoms with van der Waals surface area (Å²) >= 11 is 0. The molecule has 0 fully saturated rings. The summed E-state index contributed by atoms with van der Waals surface area (Å²) in [5.41, 5.74) is 0. The van der Waals surface area contributed by atoms with E-state index in [0.29, 0.717) is 19.3 Å². The van der Waals surface area contributed by atoms with E-state index >= 15 is 0 Å². The van der Waals surface area contributed by atoms with E-state index in [4.69, 9.17) is 14.2 Å². The summed E-state index contributed by atoms with van der Waals surface area (Å²) in [5, 5.41) is 0. The van der Waals surface area contributed by atoms with Crippen molar-refractivity contribution in [1.82, 2.24) is 0 Å². The maximum atomic E-state index is 12.7. The van der Waals surface area contributed by atoms with Gasteiger partial charge in [0.1, 0.15) is 13.2 Å². The van der Waals surface area contributed by atoms with E-state index < -0.39 is 6.10 Å². The van der Waals surface area contributed by atoms with Crippen molar-refractivity contribution >= 4 is 17.9 Å². The molecule has 0 N–H and O–H groups in total. The van der Waals surface area contributed by atoms with Gasteiger partial charge in [-0.2, -0.15) is 0 Å². The summed E-state index contributed by atoms with van der Waals surface area (Å²) in [7, 11) is 0. The second-order valence-corrected chi connectivity index (χ2v) is 15.6. The molecule has 1 atom stereocenters. The number of carbonyl (C=O) groups excluding carboxylic acids is 3. The maximum absolute atomic E-state index is 12.7. The summed E-state index contributed by atoms with van der Waals surface area (Å²) in [6.07, 6.45) is 62.6. The van der Waals surface area contributed by atoms with Gasteiger partial charge in [-0.25, -0.2) is 0 Å².